The first-order valence-electron chi connectivity index (χ1n) is 8.05. The van der Waals surface area contributed by atoms with E-state index in [4.69, 9.17) is 0 Å². The van der Waals surface area contributed by atoms with Gasteiger partial charge in [-0.05, 0) is 30.7 Å². The van der Waals surface area contributed by atoms with E-state index in [1.165, 1.54) is 12.8 Å². The highest BCUT2D eigenvalue weighted by Crippen LogP contribution is 2.28. The molecule has 0 unspecified atom stereocenters. The van der Waals surface area contributed by atoms with E-state index < -0.39 is 0 Å². The van der Waals surface area contributed by atoms with E-state index in [1.54, 1.807) is 6.33 Å². The minimum Gasteiger partial charge on any atom is -0.369 e. The molecule has 2 saturated heterocycles. The highest BCUT2D eigenvalue weighted by molar-refractivity contribution is 5.49. The number of aromatic nitrogens is 2. The van der Waals surface area contributed by atoms with Crippen LogP contribution in [0.25, 0.3) is 0 Å². The highest BCUT2D eigenvalue weighted by atomic mass is 15.3. The van der Waals surface area contributed by atoms with Gasteiger partial charge in [0.1, 0.15) is 18.0 Å². The molecule has 2 aliphatic heterocycles. The monoisotopic (exact) mass is 289 g/mol. The Morgan fingerprint density at radius 1 is 1.33 bits per heavy atom. The van der Waals surface area contributed by atoms with Crippen molar-refractivity contribution in [3.8, 4) is 0 Å². The molecular formula is C16H27N5. The summed E-state index contributed by atoms with van der Waals surface area (Å²) in [6.07, 6.45) is 4.32. The van der Waals surface area contributed by atoms with Gasteiger partial charge in [-0.15, -0.1) is 0 Å². The number of hydrogen-bond donors (Lipinski definition) is 2. The van der Waals surface area contributed by atoms with Gasteiger partial charge in [-0.2, -0.15) is 0 Å². The molecule has 2 aliphatic rings. The molecule has 0 bridgehead atoms. The molecule has 5 heteroatoms. The maximum absolute atomic E-state index is 4.47. The summed E-state index contributed by atoms with van der Waals surface area (Å²) < 4.78 is 0. The number of nitrogens with one attached hydrogen (secondary N) is 2. The fourth-order valence-corrected chi connectivity index (χ4v) is 3.21. The summed E-state index contributed by atoms with van der Waals surface area (Å²) in [6.45, 7) is 10.9. The minimum atomic E-state index is 0.248. The molecule has 1 aromatic heterocycles. The molecule has 5 nitrogen and oxygen atoms in total. The second-order valence-electron chi connectivity index (χ2n) is 7.54. The Labute approximate surface area is 127 Å². The molecule has 2 atom stereocenters. The van der Waals surface area contributed by atoms with Crippen LogP contribution < -0.4 is 15.5 Å². The minimum absolute atomic E-state index is 0.248. The van der Waals surface area contributed by atoms with Crippen molar-refractivity contribution in [1.82, 2.24) is 15.3 Å². The fourth-order valence-electron chi connectivity index (χ4n) is 3.21. The summed E-state index contributed by atoms with van der Waals surface area (Å²) in [5.41, 5.74) is 0.248. The first-order chi connectivity index (χ1) is 10.0. The number of piperidine rings is 1. The van der Waals surface area contributed by atoms with Gasteiger partial charge in [0.2, 0.25) is 0 Å². The summed E-state index contributed by atoms with van der Waals surface area (Å²) in [7, 11) is 0. The number of anilines is 2. The maximum atomic E-state index is 4.47. The van der Waals surface area contributed by atoms with Crippen molar-refractivity contribution < 1.29 is 0 Å². The zero-order valence-corrected chi connectivity index (χ0v) is 13.4. The van der Waals surface area contributed by atoms with Crippen molar-refractivity contribution in [2.75, 3.05) is 36.4 Å². The zero-order valence-electron chi connectivity index (χ0n) is 13.4. The maximum Gasteiger partial charge on any atom is 0.134 e. The normalized spacial score (nSPS) is 25.8. The highest BCUT2D eigenvalue weighted by Gasteiger charge is 2.34. The van der Waals surface area contributed by atoms with Crippen LogP contribution in [-0.4, -0.2) is 42.2 Å². The molecule has 1 aromatic rings. The largest absolute Gasteiger partial charge is 0.369 e. The second-order valence-corrected chi connectivity index (χ2v) is 7.54. The predicted molar refractivity (Wildman–Crippen MR) is 86.7 cm³/mol. The molecular weight excluding hydrogens is 262 g/mol. The summed E-state index contributed by atoms with van der Waals surface area (Å²) in [5, 5.41) is 7.06. The van der Waals surface area contributed by atoms with Crippen molar-refractivity contribution >= 4 is 11.6 Å². The van der Waals surface area contributed by atoms with Gasteiger partial charge in [0.25, 0.3) is 0 Å². The van der Waals surface area contributed by atoms with Gasteiger partial charge in [-0.25, -0.2) is 9.97 Å². The molecule has 0 aromatic carbocycles. The van der Waals surface area contributed by atoms with Gasteiger partial charge in [0.15, 0.2) is 0 Å². The first kappa shape index (κ1) is 14.6. The lowest BCUT2D eigenvalue weighted by atomic mass is 9.94. The predicted octanol–water partition coefficient (Wildman–Crippen LogP) is 2.12. The van der Waals surface area contributed by atoms with Crippen LogP contribution in [0.5, 0.6) is 0 Å². The molecule has 0 amide bonds. The molecule has 2 fully saturated rings. The molecule has 3 rings (SSSR count). The molecule has 21 heavy (non-hydrogen) atoms. The van der Waals surface area contributed by atoms with Gasteiger partial charge in [0.05, 0.1) is 0 Å². The quantitative estimate of drug-likeness (QED) is 0.893. The van der Waals surface area contributed by atoms with Crippen LogP contribution >= 0.6 is 0 Å². The van der Waals surface area contributed by atoms with Gasteiger partial charge in [-0.3, -0.25) is 0 Å². The van der Waals surface area contributed by atoms with Gasteiger partial charge in [0, 0.05) is 31.7 Å². The van der Waals surface area contributed by atoms with E-state index in [1.807, 2.05) is 0 Å². The van der Waals surface area contributed by atoms with Crippen LogP contribution in [0.15, 0.2) is 12.4 Å². The lowest BCUT2D eigenvalue weighted by Gasteiger charge is -2.24. The fraction of sp³-hybridized carbons (Fsp3) is 0.750. The van der Waals surface area contributed by atoms with Gasteiger partial charge >= 0.3 is 0 Å². The smallest absolute Gasteiger partial charge is 0.134 e. The van der Waals surface area contributed by atoms with Crippen molar-refractivity contribution in [2.24, 2.45) is 11.3 Å². The Balaban J connectivity index is 1.66. The van der Waals surface area contributed by atoms with Crippen LogP contribution in [0.3, 0.4) is 0 Å². The molecule has 0 aliphatic carbocycles. The average Bonchev–Trinajstić information content (AvgIpc) is 2.89. The standard InChI is InChI=1S/C16H27N5/c1-16(2,3)10-18-14-7-15(20-11-19-14)21-8-12-5-4-6-17-13(12)9-21/h7,11-13,17H,4-6,8-10H2,1-3H3,(H,18,19,20)/t12-,13+/m1/s1. The molecule has 0 saturated carbocycles. The van der Waals surface area contributed by atoms with E-state index in [2.05, 4.69) is 52.3 Å². The lowest BCUT2D eigenvalue weighted by Crippen LogP contribution is -2.40. The van der Waals surface area contributed by atoms with E-state index in [9.17, 15) is 0 Å². The van der Waals surface area contributed by atoms with Crippen LogP contribution in [0.4, 0.5) is 11.6 Å². The molecule has 116 valence electrons. The Hall–Kier alpha value is -1.36. The molecule has 0 spiro atoms. The lowest BCUT2D eigenvalue weighted by molar-refractivity contribution is 0.340. The molecule has 0 radical (unpaired) electrons. The van der Waals surface area contributed by atoms with Crippen molar-refractivity contribution in [1.29, 1.82) is 0 Å². The van der Waals surface area contributed by atoms with E-state index >= 15 is 0 Å². The Morgan fingerprint density at radius 2 is 2.19 bits per heavy atom. The summed E-state index contributed by atoms with van der Waals surface area (Å²) >= 11 is 0. The number of fused-ring (bicyclic) bond motifs is 1. The summed E-state index contributed by atoms with van der Waals surface area (Å²) in [4.78, 5) is 11.2. The summed E-state index contributed by atoms with van der Waals surface area (Å²) in [5.74, 6) is 2.76. The topological polar surface area (TPSA) is 53.1 Å². The first-order valence-corrected chi connectivity index (χ1v) is 8.05. The summed E-state index contributed by atoms with van der Waals surface area (Å²) in [6, 6.07) is 2.72. The van der Waals surface area contributed by atoms with Crippen LogP contribution in [-0.2, 0) is 0 Å². The third-order valence-corrected chi connectivity index (χ3v) is 4.38. The van der Waals surface area contributed by atoms with Crippen LogP contribution in [0.2, 0.25) is 0 Å². The van der Waals surface area contributed by atoms with Crippen LogP contribution in [0.1, 0.15) is 33.6 Å². The van der Waals surface area contributed by atoms with Gasteiger partial charge in [-0.1, -0.05) is 20.8 Å². The average molecular weight is 289 g/mol. The Morgan fingerprint density at radius 3 is 2.95 bits per heavy atom. The van der Waals surface area contributed by atoms with Gasteiger partial charge < -0.3 is 15.5 Å². The van der Waals surface area contributed by atoms with E-state index in [0.717, 1.165) is 43.7 Å². The van der Waals surface area contributed by atoms with Crippen molar-refractivity contribution in [3.05, 3.63) is 12.4 Å². The zero-order chi connectivity index (χ0) is 14.9. The number of hydrogen-bond acceptors (Lipinski definition) is 5. The number of nitrogens with zero attached hydrogens (tertiary/aromatic N) is 3. The Kier molecular flexibility index (Phi) is 4.02. The SMILES string of the molecule is CC(C)(C)CNc1cc(N2C[C@H]3CCCN[C@H]3C2)ncn1. The molecule has 2 N–H and O–H groups in total. The van der Waals surface area contributed by atoms with Crippen molar-refractivity contribution in [3.63, 3.8) is 0 Å². The van der Waals surface area contributed by atoms with Crippen LogP contribution in [0, 0.1) is 11.3 Å². The third kappa shape index (κ3) is 3.64. The Bertz CT molecular complexity index is 468. The number of rotatable bonds is 3. The second kappa shape index (κ2) is 5.79. The van der Waals surface area contributed by atoms with E-state index in [-0.39, 0.29) is 5.41 Å². The van der Waals surface area contributed by atoms with E-state index in [0.29, 0.717) is 6.04 Å². The molecule has 3 heterocycles. The van der Waals surface area contributed by atoms with Crippen molar-refractivity contribution in [2.45, 2.75) is 39.7 Å². The third-order valence-electron chi connectivity index (χ3n) is 4.38.